The quantitative estimate of drug-likeness (QED) is 0.690. The van der Waals surface area contributed by atoms with Crippen molar-refractivity contribution >= 4 is 17.3 Å². The van der Waals surface area contributed by atoms with Gasteiger partial charge in [0.1, 0.15) is 11.4 Å². The van der Waals surface area contributed by atoms with Gasteiger partial charge < -0.3 is 15.0 Å². The summed E-state index contributed by atoms with van der Waals surface area (Å²) in [5, 5.41) is 2.94. The smallest absolute Gasteiger partial charge is 0.269 e. The highest BCUT2D eigenvalue weighted by molar-refractivity contribution is 5.92. The lowest BCUT2D eigenvalue weighted by molar-refractivity contribution is 0.0949. The second kappa shape index (κ2) is 8.78. The minimum Gasteiger partial charge on any atom is -0.497 e. The number of hydrogen-bond donors (Lipinski definition) is 1. The normalized spacial score (nSPS) is 12.9. The molecule has 1 aliphatic rings. The lowest BCUT2D eigenvalue weighted by Gasteiger charge is -2.31. The molecule has 148 valence electrons. The summed E-state index contributed by atoms with van der Waals surface area (Å²) < 4.78 is 5.23. The lowest BCUT2D eigenvalue weighted by Crippen LogP contribution is -2.27. The van der Waals surface area contributed by atoms with Crippen molar-refractivity contribution in [2.45, 2.75) is 19.3 Å². The zero-order chi connectivity index (χ0) is 20.1. The molecule has 1 aromatic heterocycles. The molecule has 0 fully saturated rings. The topological polar surface area (TPSA) is 54.5 Å². The minimum atomic E-state index is -0.154. The summed E-state index contributed by atoms with van der Waals surface area (Å²) in [5.41, 5.74) is 5.17. The van der Waals surface area contributed by atoms with Gasteiger partial charge in [-0.25, -0.2) is 4.98 Å². The molecule has 0 radical (unpaired) electrons. The van der Waals surface area contributed by atoms with Crippen LogP contribution < -0.4 is 15.0 Å². The van der Waals surface area contributed by atoms with Crippen LogP contribution in [-0.2, 0) is 12.8 Å². The van der Waals surface area contributed by atoms with Gasteiger partial charge in [0.25, 0.3) is 5.91 Å². The van der Waals surface area contributed by atoms with Crippen LogP contribution in [-0.4, -0.2) is 31.1 Å². The molecule has 3 aromatic rings. The number of carbonyl (C=O) groups excluding carboxylic acids is 1. The zero-order valence-electron chi connectivity index (χ0n) is 16.6. The molecule has 5 heteroatoms. The average Bonchev–Trinajstić information content (AvgIpc) is 2.79. The summed E-state index contributed by atoms with van der Waals surface area (Å²) in [7, 11) is 1.65. The van der Waals surface area contributed by atoms with Gasteiger partial charge in [-0.3, -0.25) is 4.79 Å². The van der Waals surface area contributed by atoms with E-state index in [0.29, 0.717) is 12.2 Å². The van der Waals surface area contributed by atoms with Crippen LogP contribution in [0.2, 0.25) is 0 Å². The van der Waals surface area contributed by atoms with Gasteiger partial charge in [-0.1, -0.05) is 30.3 Å². The number of amides is 1. The maximum atomic E-state index is 12.4. The number of fused-ring (bicyclic) bond motifs is 1. The fraction of sp³-hybridized carbons (Fsp3) is 0.250. The van der Waals surface area contributed by atoms with Crippen LogP contribution in [0.5, 0.6) is 5.75 Å². The van der Waals surface area contributed by atoms with Gasteiger partial charge in [0, 0.05) is 18.8 Å². The fourth-order valence-electron chi connectivity index (χ4n) is 3.72. The first-order chi connectivity index (χ1) is 14.2. The number of para-hydroxylation sites is 1. The van der Waals surface area contributed by atoms with Crippen LogP contribution >= 0.6 is 0 Å². The highest BCUT2D eigenvalue weighted by Crippen LogP contribution is 2.32. The van der Waals surface area contributed by atoms with Crippen LogP contribution in [0, 0.1) is 0 Å². The predicted octanol–water partition coefficient (Wildman–Crippen LogP) is 4.15. The molecule has 0 spiro atoms. The Morgan fingerprint density at radius 3 is 2.86 bits per heavy atom. The Hall–Kier alpha value is -3.34. The third-order valence-electron chi connectivity index (χ3n) is 5.24. The lowest BCUT2D eigenvalue weighted by atomic mass is 10.0. The fourth-order valence-corrected chi connectivity index (χ4v) is 3.72. The number of nitrogens with one attached hydrogen (secondary N) is 1. The number of nitrogens with zero attached hydrogens (tertiary/aromatic N) is 2. The van der Waals surface area contributed by atoms with Gasteiger partial charge in [-0.05, 0) is 60.7 Å². The van der Waals surface area contributed by atoms with Crippen molar-refractivity contribution in [3.63, 3.8) is 0 Å². The molecule has 0 atom stereocenters. The molecule has 0 aliphatic carbocycles. The van der Waals surface area contributed by atoms with E-state index in [2.05, 4.69) is 39.5 Å². The second-order valence-electron chi connectivity index (χ2n) is 7.14. The van der Waals surface area contributed by atoms with Gasteiger partial charge in [-0.15, -0.1) is 0 Å². The van der Waals surface area contributed by atoms with Gasteiger partial charge in [0.2, 0.25) is 0 Å². The Morgan fingerprint density at radius 1 is 1.14 bits per heavy atom. The molecule has 29 heavy (non-hydrogen) atoms. The summed E-state index contributed by atoms with van der Waals surface area (Å²) in [4.78, 5) is 19.1. The van der Waals surface area contributed by atoms with E-state index in [4.69, 9.17) is 4.74 Å². The Bertz CT molecular complexity index is 985. The summed E-state index contributed by atoms with van der Waals surface area (Å²) in [5.74, 6) is 0.670. The largest absolute Gasteiger partial charge is 0.497 e. The maximum absolute atomic E-state index is 12.4. The molecule has 1 N–H and O–H groups in total. The first-order valence-corrected chi connectivity index (χ1v) is 9.97. The number of methoxy groups -OCH3 is 1. The molecule has 1 aliphatic heterocycles. The van der Waals surface area contributed by atoms with Crippen molar-refractivity contribution in [1.82, 2.24) is 10.3 Å². The number of anilines is 2. The number of carbonyl (C=O) groups is 1. The van der Waals surface area contributed by atoms with E-state index in [1.807, 2.05) is 30.3 Å². The van der Waals surface area contributed by atoms with E-state index in [0.717, 1.165) is 42.8 Å². The highest BCUT2D eigenvalue weighted by atomic mass is 16.5. The summed E-state index contributed by atoms with van der Waals surface area (Å²) >= 11 is 0. The number of hydrogen-bond acceptors (Lipinski definition) is 4. The average molecular weight is 387 g/mol. The van der Waals surface area contributed by atoms with E-state index in [9.17, 15) is 4.79 Å². The standard InChI is InChI=1S/C24H25N3O2/c1-29-21-9-4-6-18(16-21)13-14-25-24(28)22-12-11-20(17-26-22)27-15-5-8-19-7-2-3-10-23(19)27/h2-4,6-7,9-12,16-17H,5,8,13-15H2,1H3,(H,25,28). The molecule has 0 bridgehead atoms. The van der Waals surface area contributed by atoms with Crippen LogP contribution in [0.3, 0.4) is 0 Å². The molecule has 0 saturated heterocycles. The maximum Gasteiger partial charge on any atom is 0.269 e. The Kier molecular flexibility index (Phi) is 5.75. The molecule has 2 heterocycles. The SMILES string of the molecule is COc1cccc(CCNC(=O)c2ccc(N3CCCc4ccccc43)cn2)c1. The first-order valence-electron chi connectivity index (χ1n) is 9.97. The van der Waals surface area contributed by atoms with E-state index in [-0.39, 0.29) is 5.91 Å². The highest BCUT2D eigenvalue weighted by Gasteiger charge is 2.18. The predicted molar refractivity (Wildman–Crippen MR) is 115 cm³/mol. The zero-order valence-corrected chi connectivity index (χ0v) is 16.6. The molecule has 0 saturated carbocycles. The molecular weight excluding hydrogens is 362 g/mol. The second-order valence-corrected chi connectivity index (χ2v) is 7.14. The van der Waals surface area contributed by atoms with Crippen LogP contribution in [0.1, 0.15) is 28.0 Å². The summed E-state index contributed by atoms with van der Waals surface area (Å²) in [6, 6.07) is 20.1. The van der Waals surface area contributed by atoms with Gasteiger partial charge in [0.15, 0.2) is 0 Å². The van der Waals surface area contributed by atoms with Crippen LogP contribution in [0.4, 0.5) is 11.4 Å². The monoisotopic (exact) mass is 387 g/mol. The van der Waals surface area contributed by atoms with Crippen molar-refractivity contribution in [2.75, 3.05) is 25.1 Å². The first kappa shape index (κ1) is 19.0. The minimum absolute atomic E-state index is 0.154. The van der Waals surface area contributed by atoms with Crippen LogP contribution in [0.15, 0.2) is 66.9 Å². The molecule has 0 unspecified atom stereocenters. The third-order valence-corrected chi connectivity index (χ3v) is 5.24. The van der Waals surface area contributed by atoms with Crippen LogP contribution in [0.25, 0.3) is 0 Å². The van der Waals surface area contributed by atoms with E-state index >= 15 is 0 Å². The van der Waals surface area contributed by atoms with Gasteiger partial charge in [-0.2, -0.15) is 0 Å². The van der Waals surface area contributed by atoms with E-state index in [1.165, 1.54) is 11.3 Å². The third kappa shape index (κ3) is 4.40. The summed E-state index contributed by atoms with van der Waals surface area (Å²) in [6.45, 7) is 1.51. The Labute approximate surface area is 171 Å². The molecule has 5 nitrogen and oxygen atoms in total. The van der Waals surface area contributed by atoms with Crippen molar-refractivity contribution in [2.24, 2.45) is 0 Å². The number of benzene rings is 2. The van der Waals surface area contributed by atoms with Crippen molar-refractivity contribution in [3.8, 4) is 5.75 Å². The van der Waals surface area contributed by atoms with E-state index in [1.54, 1.807) is 19.4 Å². The number of aryl methyl sites for hydroxylation is 1. The van der Waals surface area contributed by atoms with Crippen molar-refractivity contribution < 1.29 is 9.53 Å². The number of aromatic nitrogens is 1. The number of rotatable bonds is 6. The Balaban J connectivity index is 1.37. The van der Waals surface area contributed by atoms with Crippen molar-refractivity contribution in [3.05, 3.63) is 83.7 Å². The molecule has 2 aromatic carbocycles. The number of ether oxygens (including phenoxy) is 1. The van der Waals surface area contributed by atoms with Gasteiger partial charge >= 0.3 is 0 Å². The van der Waals surface area contributed by atoms with E-state index < -0.39 is 0 Å². The molecule has 4 rings (SSSR count). The van der Waals surface area contributed by atoms with Gasteiger partial charge in [0.05, 0.1) is 19.0 Å². The Morgan fingerprint density at radius 2 is 2.03 bits per heavy atom. The molecular formula is C24H25N3O2. The molecule has 1 amide bonds. The number of pyridine rings is 1. The summed E-state index contributed by atoms with van der Waals surface area (Å²) in [6.07, 6.45) is 4.75. The van der Waals surface area contributed by atoms with Crippen molar-refractivity contribution in [1.29, 1.82) is 0 Å².